The van der Waals surface area contributed by atoms with E-state index >= 15 is 0 Å². The third kappa shape index (κ3) is 5.40. The Bertz CT molecular complexity index is 563. The standard InChI is InChI=1S/C14H23N3O3S.ClH/c1-11(15)12-6-7-17(10-12)8-9-20-13-2-4-14(5-3-13)21(16,18)19;/h2-5,11-12H,6-10,15H2,1H3,(H2,16,18,19);1H. The molecule has 4 N–H and O–H groups in total. The van der Waals surface area contributed by atoms with Crippen LogP contribution in [0.1, 0.15) is 13.3 Å². The lowest BCUT2D eigenvalue weighted by molar-refractivity contribution is 0.230. The van der Waals surface area contributed by atoms with Crippen molar-refractivity contribution in [2.45, 2.75) is 24.3 Å². The molecule has 0 aliphatic carbocycles. The largest absolute Gasteiger partial charge is 0.492 e. The zero-order valence-corrected chi connectivity index (χ0v) is 14.3. The summed E-state index contributed by atoms with van der Waals surface area (Å²) >= 11 is 0. The van der Waals surface area contributed by atoms with E-state index in [-0.39, 0.29) is 23.3 Å². The van der Waals surface area contributed by atoms with Gasteiger partial charge in [-0.15, -0.1) is 12.4 Å². The van der Waals surface area contributed by atoms with Crippen LogP contribution in [0.25, 0.3) is 0 Å². The van der Waals surface area contributed by atoms with E-state index < -0.39 is 10.0 Å². The van der Waals surface area contributed by atoms with Crippen molar-refractivity contribution in [1.29, 1.82) is 0 Å². The van der Waals surface area contributed by atoms with Gasteiger partial charge in [0.1, 0.15) is 12.4 Å². The Hall–Kier alpha value is -0.860. The molecule has 1 saturated heterocycles. The molecule has 0 amide bonds. The Morgan fingerprint density at radius 3 is 2.50 bits per heavy atom. The van der Waals surface area contributed by atoms with E-state index in [0.717, 1.165) is 26.1 Å². The van der Waals surface area contributed by atoms with Crippen molar-refractivity contribution in [2.24, 2.45) is 16.8 Å². The summed E-state index contributed by atoms with van der Waals surface area (Å²) < 4.78 is 27.9. The molecular weight excluding hydrogens is 326 g/mol. The number of nitrogens with two attached hydrogens (primary N) is 2. The monoisotopic (exact) mass is 349 g/mol. The smallest absolute Gasteiger partial charge is 0.238 e. The van der Waals surface area contributed by atoms with Gasteiger partial charge in [0, 0.05) is 19.1 Å². The highest BCUT2D eigenvalue weighted by Crippen LogP contribution is 2.19. The maximum absolute atomic E-state index is 11.1. The third-order valence-corrected chi connectivity index (χ3v) is 4.81. The molecule has 1 fully saturated rings. The molecule has 0 bridgehead atoms. The molecule has 0 radical (unpaired) electrons. The van der Waals surface area contributed by atoms with Crippen LogP contribution < -0.4 is 15.6 Å². The summed E-state index contributed by atoms with van der Waals surface area (Å²) in [6.07, 6.45) is 1.14. The molecule has 22 heavy (non-hydrogen) atoms. The van der Waals surface area contributed by atoms with Crippen LogP contribution in [0.2, 0.25) is 0 Å². The minimum Gasteiger partial charge on any atom is -0.492 e. The molecule has 2 unspecified atom stereocenters. The molecule has 8 heteroatoms. The van der Waals surface area contributed by atoms with E-state index in [1.54, 1.807) is 12.1 Å². The van der Waals surface area contributed by atoms with E-state index in [2.05, 4.69) is 11.8 Å². The lowest BCUT2D eigenvalue weighted by Gasteiger charge is -2.18. The second-order valence-corrected chi connectivity index (χ2v) is 7.13. The van der Waals surface area contributed by atoms with Gasteiger partial charge in [-0.25, -0.2) is 13.6 Å². The normalized spacial score (nSPS) is 20.4. The van der Waals surface area contributed by atoms with Gasteiger partial charge in [-0.1, -0.05) is 0 Å². The fraction of sp³-hybridized carbons (Fsp3) is 0.571. The quantitative estimate of drug-likeness (QED) is 0.791. The average Bonchev–Trinajstić information content (AvgIpc) is 2.87. The predicted octanol–water partition coefficient (Wildman–Crippen LogP) is 0.804. The zero-order valence-electron chi connectivity index (χ0n) is 12.6. The van der Waals surface area contributed by atoms with E-state index in [4.69, 9.17) is 15.6 Å². The van der Waals surface area contributed by atoms with Gasteiger partial charge in [0.25, 0.3) is 0 Å². The number of nitrogens with zero attached hydrogens (tertiary/aromatic N) is 1. The molecule has 1 heterocycles. The average molecular weight is 350 g/mol. The molecule has 0 saturated carbocycles. The summed E-state index contributed by atoms with van der Waals surface area (Å²) in [5, 5.41) is 5.04. The van der Waals surface area contributed by atoms with E-state index in [1.165, 1.54) is 12.1 Å². The highest BCUT2D eigenvalue weighted by Gasteiger charge is 2.24. The summed E-state index contributed by atoms with van der Waals surface area (Å²) in [5.41, 5.74) is 5.91. The molecule has 1 aromatic rings. The van der Waals surface area contributed by atoms with Gasteiger partial charge in [0.05, 0.1) is 4.90 Å². The maximum Gasteiger partial charge on any atom is 0.238 e. The number of halogens is 1. The van der Waals surface area contributed by atoms with Crippen LogP contribution in [0.15, 0.2) is 29.2 Å². The topological polar surface area (TPSA) is 98.6 Å². The van der Waals surface area contributed by atoms with Crippen LogP contribution in [0.5, 0.6) is 5.75 Å². The second-order valence-electron chi connectivity index (χ2n) is 5.57. The Labute approximate surface area is 138 Å². The van der Waals surface area contributed by atoms with Gasteiger partial charge in [0.2, 0.25) is 10.0 Å². The number of rotatable bonds is 6. The van der Waals surface area contributed by atoms with Gasteiger partial charge in [0.15, 0.2) is 0 Å². The number of likely N-dealkylation sites (tertiary alicyclic amines) is 1. The summed E-state index contributed by atoms with van der Waals surface area (Å²) in [6.45, 7) is 5.55. The lowest BCUT2D eigenvalue weighted by Crippen LogP contribution is -2.31. The molecule has 1 aliphatic rings. The maximum atomic E-state index is 11.1. The number of ether oxygens (including phenoxy) is 1. The van der Waals surface area contributed by atoms with Gasteiger partial charge < -0.3 is 10.5 Å². The zero-order chi connectivity index (χ0) is 15.5. The fourth-order valence-corrected chi connectivity index (χ4v) is 3.03. The first-order valence-corrected chi connectivity index (χ1v) is 8.64. The van der Waals surface area contributed by atoms with Gasteiger partial charge in [-0.05, 0) is 50.1 Å². The molecule has 0 aromatic heterocycles. The van der Waals surface area contributed by atoms with E-state index in [0.29, 0.717) is 18.3 Å². The minimum absolute atomic E-state index is 0. The molecular formula is C14H24ClN3O3S. The fourth-order valence-electron chi connectivity index (χ4n) is 2.51. The number of primary sulfonamides is 1. The summed E-state index contributed by atoms with van der Waals surface area (Å²) in [4.78, 5) is 2.43. The van der Waals surface area contributed by atoms with Crippen LogP contribution in [-0.2, 0) is 10.0 Å². The van der Waals surface area contributed by atoms with Crippen molar-refractivity contribution in [3.8, 4) is 5.75 Å². The molecule has 2 atom stereocenters. The van der Waals surface area contributed by atoms with E-state index in [1.807, 2.05) is 0 Å². The van der Waals surface area contributed by atoms with Crippen molar-refractivity contribution in [1.82, 2.24) is 4.90 Å². The molecule has 1 aliphatic heterocycles. The highest BCUT2D eigenvalue weighted by atomic mass is 35.5. The highest BCUT2D eigenvalue weighted by molar-refractivity contribution is 7.89. The first kappa shape index (κ1) is 19.2. The molecule has 6 nitrogen and oxygen atoms in total. The summed E-state index contributed by atoms with van der Waals surface area (Å²) in [5.74, 6) is 1.21. The minimum atomic E-state index is -3.64. The van der Waals surface area contributed by atoms with Gasteiger partial charge in [-0.2, -0.15) is 0 Å². The number of benzene rings is 1. The van der Waals surface area contributed by atoms with Crippen molar-refractivity contribution in [3.63, 3.8) is 0 Å². The first-order chi connectivity index (χ1) is 9.86. The van der Waals surface area contributed by atoms with Gasteiger partial charge in [-0.3, -0.25) is 4.90 Å². The van der Waals surface area contributed by atoms with Crippen molar-refractivity contribution >= 4 is 22.4 Å². The lowest BCUT2D eigenvalue weighted by atomic mass is 10.0. The molecule has 126 valence electrons. The Morgan fingerprint density at radius 2 is 2.00 bits per heavy atom. The van der Waals surface area contributed by atoms with Crippen LogP contribution in [-0.4, -0.2) is 45.6 Å². The van der Waals surface area contributed by atoms with E-state index in [9.17, 15) is 8.42 Å². The van der Waals surface area contributed by atoms with Crippen molar-refractivity contribution in [3.05, 3.63) is 24.3 Å². The van der Waals surface area contributed by atoms with Crippen LogP contribution >= 0.6 is 12.4 Å². The second kappa shape index (κ2) is 8.12. The number of sulfonamides is 1. The SMILES string of the molecule is CC(N)C1CCN(CCOc2ccc(S(N)(=O)=O)cc2)C1.Cl. The predicted molar refractivity (Wildman–Crippen MR) is 88.8 cm³/mol. The van der Waals surface area contributed by atoms with Crippen LogP contribution in [0.3, 0.4) is 0 Å². The van der Waals surface area contributed by atoms with Gasteiger partial charge >= 0.3 is 0 Å². The Balaban J connectivity index is 0.00000242. The Kier molecular flexibility index (Phi) is 7.08. The van der Waals surface area contributed by atoms with Crippen molar-refractivity contribution in [2.75, 3.05) is 26.2 Å². The Morgan fingerprint density at radius 1 is 1.36 bits per heavy atom. The summed E-state index contributed by atoms with van der Waals surface area (Å²) in [6, 6.07) is 6.38. The van der Waals surface area contributed by atoms with Crippen LogP contribution in [0, 0.1) is 5.92 Å². The summed E-state index contributed by atoms with van der Waals surface area (Å²) in [7, 11) is -3.64. The van der Waals surface area contributed by atoms with Crippen molar-refractivity contribution < 1.29 is 13.2 Å². The van der Waals surface area contributed by atoms with Crippen LogP contribution in [0.4, 0.5) is 0 Å². The molecule has 1 aromatic carbocycles. The number of hydrogen-bond donors (Lipinski definition) is 2. The first-order valence-electron chi connectivity index (χ1n) is 7.10. The number of hydrogen-bond acceptors (Lipinski definition) is 5. The molecule has 2 rings (SSSR count). The third-order valence-electron chi connectivity index (χ3n) is 3.88. The molecule has 0 spiro atoms.